The van der Waals surface area contributed by atoms with Crippen LogP contribution in [-0.2, 0) is 11.3 Å². The maximum absolute atomic E-state index is 12.7. The Bertz CT molecular complexity index is 1240. The van der Waals surface area contributed by atoms with E-state index in [1.165, 1.54) is 0 Å². The molecule has 1 atom stereocenters. The molecule has 10 nitrogen and oxygen atoms in total. The quantitative estimate of drug-likeness (QED) is 0.497. The Morgan fingerprint density at radius 1 is 1.26 bits per heavy atom. The van der Waals surface area contributed by atoms with Crippen molar-refractivity contribution in [1.29, 1.82) is 0 Å². The SMILES string of the molecule is C[C@@H](Nc1nc2c(cnn2C2CCCC2)c(=O)[nH]1)C(=O)Nc1ccc2c(c1)CNC2=O. The molecule has 4 N–H and O–H groups in total. The maximum Gasteiger partial charge on any atom is 0.263 e. The zero-order valence-corrected chi connectivity index (χ0v) is 17.1. The summed E-state index contributed by atoms with van der Waals surface area (Å²) in [5.41, 5.74) is 2.31. The van der Waals surface area contributed by atoms with E-state index in [4.69, 9.17) is 0 Å². The minimum atomic E-state index is -0.656. The van der Waals surface area contributed by atoms with Gasteiger partial charge in [0.25, 0.3) is 11.5 Å². The number of nitrogens with one attached hydrogen (secondary N) is 4. The second-order valence-electron chi connectivity index (χ2n) is 8.09. The van der Waals surface area contributed by atoms with Crippen LogP contribution in [-0.4, -0.2) is 37.6 Å². The third-order valence-electron chi connectivity index (χ3n) is 5.94. The highest BCUT2D eigenvalue weighted by atomic mass is 16.2. The van der Waals surface area contributed by atoms with Gasteiger partial charge in [-0.2, -0.15) is 10.1 Å². The van der Waals surface area contributed by atoms with Crippen molar-refractivity contribution in [3.63, 3.8) is 0 Å². The van der Waals surface area contributed by atoms with Crippen molar-refractivity contribution in [2.24, 2.45) is 0 Å². The maximum atomic E-state index is 12.7. The van der Waals surface area contributed by atoms with E-state index in [2.05, 4.69) is 31.0 Å². The fourth-order valence-corrected chi connectivity index (χ4v) is 4.25. The van der Waals surface area contributed by atoms with Gasteiger partial charge in [-0.1, -0.05) is 12.8 Å². The van der Waals surface area contributed by atoms with Gasteiger partial charge in [-0.15, -0.1) is 0 Å². The van der Waals surface area contributed by atoms with Crippen molar-refractivity contribution in [1.82, 2.24) is 25.1 Å². The molecular formula is C21H23N7O3. The lowest BCUT2D eigenvalue weighted by Crippen LogP contribution is -2.33. The summed E-state index contributed by atoms with van der Waals surface area (Å²) in [6.45, 7) is 2.14. The highest BCUT2D eigenvalue weighted by Gasteiger charge is 2.23. The van der Waals surface area contributed by atoms with Crippen LogP contribution in [0.15, 0.2) is 29.2 Å². The molecule has 160 valence electrons. The Kier molecular flexibility index (Phi) is 4.68. The standard InChI is InChI=1S/C21H23N7O3/c1-11(18(29)25-13-6-7-15-12(8-13)9-22-19(15)30)24-21-26-17-16(20(31)27-21)10-23-28(17)14-4-2-3-5-14/h6-8,10-11,14H,2-5,9H2,1H3,(H,22,30)(H,25,29)(H2,24,26,27,31)/t11-/m1/s1. The second-order valence-corrected chi connectivity index (χ2v) is 8.09. The molecule has 1 aromatic carbocycles. The molecule has 2 amide bonds. The van der Waals surface area contributed by atoms with Crippen LogP contribution in [0.3, 0.4) is 0 Å². The fourth-order valence-electron chi connectivity index (χ4n) is 4.25. The Morgan fingerprint density at radius 3 is 2.87 bits per heavy atom. The molecule has 2 aromatic heterocycles. The van der Waals surface area contributed by atoms with Crippen molar-refractivity contribution in [3.8, 4) is 0 Å². The summed E-state index contributed by atoms with van der Waals surface area (Å²) < 4.78 is 1.83. The zero-order chi connectivity index (χ0) is 21.5. The average molecular weight is 421 g/mol. The number of anilines is 2. The molecule has 31 heavy (non-hydrogen) atoms. The highest BCUT2D eigenvalue weighted by molar-refractivity contribution is 6.00. The number of rotatable bonds is 5. The molecule has 10 heteroatoms. The molecule has 0 spiro atoms. The number of benzene rings is 1. The summed E-state index contributed by atoms with van der Waals surface area (Å²) >= 11 is 0. The van der Waals surface area contributed by atoms with Crippen LogP contribution in [0, 0.1) is 0 Å². The molecule has 2 aliphatic rings. The van der Waals surface area contributed by atoms with Crippen molar-refractivity contribution < 1.29 is 9.59 Å². The van der Waals surface area contributed by atoms with Crippen molar-refractivity contribution in [3.05, 3.63) is 45.9 Å². The Balaban J connectivity index is 1.33. The highest BCUT2D eigenvalue weighted by Crippen LogP contribution is 2.30. The number of nitrogens with zero attached hydrogens (tertiary/aromatic N) is 3. The first-order valence-corrected chi connectivity index (χ1v) is 10.5. The van der Waals surface area contributed by atoms with Gasteiger partial charge in [0.2, 0.25) is 11.9 Å². The number of aromatic amines is 1. The fraction of sp³-hybridized carbons (Fsp3) is 0.381. The Labute approximate surface area is 177 Å². The topological polar surface area (TPSA) is 134 Å². The van der Waals surface area contributed by atoms with Crippen LogP contribution < -0.4 is 21.5 Å². The zero-order valence-electron chi connectivity index (χ0n) is 17.1. The number of fused-ring (bicyclic) bond motifs is 2. The number of amides is 2. The lowest BCUT2D eigenvalue weighted by Gasteiger charge is -2.15. The summed E-state index contributed by atoms with van der Waals surface area (Å²) in [6.07, 6.45) is 5.88. The van der Waals surface area contributed by atoms with E-state index in [0.717, 1.165) is 31.2 Å². The van der Waals surface area contributed by atoms with Gasteiger partial charge in [0.05, 0.1) is 12.2 Å². The lowest BCUT2D eigenvalue weighted by atomic mass is 10.1. The normalized spacial score (nSPS) is 16.9. The van der Waals surface area contributed by atoms with E-state index in [-0.39, 0.29) is 29.4 Å². The summed E-state index contributed by atoms with van der Waals surface area (Å²) in [5, 5.41) is 13.4. The Hall–Kier alpha value is -3.69. The average Bonchev–Trinajstić information content (AvgIpc) is 3.48. The van der Waals surface area contributed by atoms with Crippen molar-refractivity contribution in [2.75, 3.05) is 10.6 Å². The first kappa shape index (κ1) is 19.3. The van der Waals surface area contributed by atoms with E-state index < -0.39 is 6.04 Å². The third kappa shape index (κ3) is 3.54. The largest absolute Gasteiger partial charge is 0.348 e. The molecule has 3 heterocycles. The van der Waals surface area contributed by atoms with Crippen LogP contribution in [0.1, 0.15) is 54.6 Å². The van der Waals surface area contributed by atoms with Crippen LogP contribution in [0.2, 0.25) is 0 Å². The number of aromatic nitrogens is 4. The van der Waals surface area contributed by atoms with E-state index >= 15 is 0 Å². The molecule has 0 saturated heterocycles. The molecule has 5 rings (SSSR count). The van der Waals surface area contributed by atoms with Crippen LogP contribution in [0.4, 0.5) is 11.6 Å². The first-order chi connectivity index (χ1) is 15.0. The predicted molar refractivity (Wildman–Crippen MR) is 115 cm³/mol. The molecule has 0 bridgehead atoms. The van der Waals surface area contributed by atoms with Gasteiger partial charge in [-0.25, -0.2) is 4.68 Å². The van der Waals surface area contributed by atoms with E-state index in [9.17, 15) is 14.4 Å². The summed E-state index contributed by atoms with van der Waals surface area (Å²) in [4.78, 5) is 44.0. The number of hydrogen-bond donors (Lipinski definition) is 4. The summed E-state index contributed by atoms with van der Waals surface area (Å²) in [6, 6.07) is 4.77. The van der Waals surface area contributed by atoms with E-state index in [1.807, 2.05) is 4.68 Å². The lowest BCUT2D eigenvalue weighted by molar-refractivity contribution is -0.116. The van der Waals surface area contributed by atoms with E-state index in [1.54, 1.807) is 31.3 Å². The molecule has 0 radical (unpaired) electrons. The molecular weight excluding hydrogens is 398 g/mol. The van der Waals surface area contributed by atoms with Gasteiger partial charge in [-0.3, -0.25) is 19.4 Å². The van der Waals surface area contributed by atoms with Gasteiger partial charge in [0, 0.05) is 17.8 Å². The first-order valence-electron chi connectivity index (χ1n) is 10.5. The number of hydrogen-bond acceptors (Lipinski definition) is 6. The molecule has 1 fully saturated rings. The van der Waals surface area contributed by atoms with Gasteiger partial charge >= 0.3 is 0 Å². The van der Waals surface area contributed by atoms with Gasteiger partial charge in [0.15, 0.2) is 5.65 Å². The monoisotopic (exact) mass is 421 g/mol. The Morgan fingerprint density at radius 2 is 2.06 bits per heavy atom. The molecule has 3 aromatic rings. The molecule has 1 aliphatic heterocycles. The molecule has 0 unspecified atom stereocenters. The predicted octanol–water partition coefficient (Wildman–Crippen LogP) is 1.92. The third-order valence-corrected chi connectivity index (χ3v) is 5.94. The molecule has 1 aliphatic carbocycles. The van der Waals surface area contributed by atoms with Gasteiger partial charge in [0.1, 0.15) is 11.4 Å². The van der Waals surface area contributed by atoms with E-state index in [0.29, 0.717) is 28.8 Å². The molecule has 1 saturated carbocycles. The van der Waals surface area contributed by atoms with Crippen LogP contribution in [0.5, 0.6) is 0 Å². The summed E-state index contributed by atoms with van der Waals surface area (Å²) in [7, 11) is 0. The number of carbonyl (C=O) groups is 2. The van der Waals surface area contributed by atoms with Gasteiger partial charge in [-0.05, 0) is 43.5 Å². The number of carbonyl (C=O) groups excluding carboxylic acids is 2. The minimum Gasteiger partial charge on any atom is -0.348 e. The second kappa shape index (κ2) is 7.53. The van der Waals surface area contributed by atoms with Crippen molar-refractivity contribution >= 4 is 34.5 Å². The minimum absolute atomic E-state index is 0.106. The smallest absolute Gasteiger partial charge is 0.263 e. The summed E-state index contributed by atoms with van der Waals surface area (Å²) in [5.74, 6) is -0.168. The van der Waals surface area contributed by atoms with Gasteiger partial charge < -0.3 is 16.0 Å². The van der Waals surface area contributed by atoms with Crippen LogP contribution in [0.25, 0.3) is 11.0 Å². The van der Waals surface area contributed by atoms with Crippen LogP contribution >= 0.6 is 0 Å². The van der Waals surface area contributed by atoms with Crippen molar-refractivity contribution in [2.45, 2.75) is 51.2 Å². The number of H-pyrrole nitrogens is 1.